The van der Waals surface area contributed by atoms with Gasteiger partial charge in [-0.25, -0.2) is 0 Å². The molecule has 0 bridgehead atoms. The fraction of sp³-hybridized carbons (Fsp3) is 0.710. The molecule has 0 radical (unpaired) electrons. The summed E-state index contributed by atoms with van der Waals surface area (Å²) in [4.78, 5) is 11.9. The Hall–Kier alpha value is -1.49. The number of benzene rings is 1. The Morgan fingerprint density at radius 2 is 1.71 bits per heavy atom. The highest BCUT2D eigenvalue weighted by molar-refractivity contribution is 5.94. The second-order valence-corrected chi connectivity index (χ2v) is 13.4. The van der Waals surface area contributed by atoms with Crippen molar-refractivity contribution in [3.8, 4) is 0 Å². The lowest BCUT2D eigenvalue weighted by Crippen LogP contribution is -2.52. The van der Waals surface area contributed by atoms with E-state index in [0.29, 0.717) is 23.7 Å². The molecule has 1 saturated heterocycles. The number of allylic oxidation sites excluding steroid dienone is 1. The molecule has 35 heavy (non-hydrogen) atoms. The Bertz CT molecular complexity index is 1030. The first kappa shape index (κ1) is 23.9. The van der Waals surface area contributed by atoms with Gasteiger partial charge in [-0.15, -0.1) is 0 Å². The number of Topliss-reactive ketones (excluding diaryl/α,β-unsaturated/α-hetero) is 1. The van der Waals surface area contributed by atoms with Crippen LogP contribution in [0.4, 0.5) is 0 Å². The highest BCUT2D eigenvalue weighted by atomic mass is 16.7. The maximum atomic E-state index is 11.9. The zero-order chi connectivity index (χ0) is 24.6. The molecule has 0 amide bonds. The molecule has 6 rings (SSSR count). The summed E-state index contributed by atoms with van der Waals surface area (Å²) in [5, 5.41) is 11.1. The third kappa shape index (κ3) is 3.86. The summed E-state index contributed by atoms with van der Waals surface area (Å²) < 4.78 is 12.9. The van der Waals surface area contributed by atoms with E-state index in [4.69, 9.17) is 9.47 Å². The number of carbonyl (C=O) groups is 1. The Balaban J connectivity index is 1.36. The van der Waals surface area contributed by atoms with E-state index < -0.39 is 5.79 Å². The number of ketones is 1. The van der Waals surface area contributed by atoms with Crippen LogP contribution in [-0.2, 0) is 9.47 Å². The van der Waals surface area contributed by atoms with Crippen LogP contribution in [0.1, 0.15) is 101 Å². The maximum Gasteiger partial charge on any atom is 0.172 e. The molecule has 4 aliphatic carbocycles. The van der Waals surface area contributed by atoms with Crippen molar-refractivity contribution in [1.29, 1.82) is 0 Å². The fourth-order valence-corrected chi connectivity index (χ4v) is 8.56. The molecule has 4 nitrogen and oxygen atoms in total. The first-order valence-corrected chi connectivity index (χ1v) is 13.9. The van der Waals surface area contributed by atoms with E-state index in [2.05, 4.69) is 32.9 Å². The van der Waals surface area contributed by atoms with Crippen LogP contribution in [0.5, 0.6) is 0 Å². The summed E-state index contributed by atoms with van der Waals surface area (Å²) in [6.45, 7) is 9.97. The van der Waals surface area contributed by atoms with E-state index in [1.807, 2.05) is 12.1 Å². The monoisotopic (exact) mass is 478 g/mol. The van der Waals surface area contributed by atoms with E-state index in [1.54, 1.807) is 18.1 Å². The number of hydrogen-bond acceptors (Lipinski definition) is 4. The zero-order valence-corrected chi connectivity index (χ0v) is 21.9. The Morgan fingerprint density at radius 3 is 2.40 bits per heavy atom. The number of carbonyl (C=O) groups excluding carboxylic acids is 1. The number of hydrogen-bond donors (Lipinski definition) is 1. The fourth-order valence-electron chi connectivity index (χ4n) is 8.56. The van der Waals surface area contributed by atoms with Gasteiger partial charge in [0, 0.05) is 23.8 Å². The first-order valence-electron chi connectivity index (χ1n) is 13.9. The van der Waals surface area contributed by atoms with Crippen molar-refractivity contribution in [2.75, 3.05) is 13.2 Å². The summed E-state index contributed by atoms with van der Waals surface area (Å²) >= 11 is 0. The number of rotatable bonds is 2. The van der Waals surface area contributed by atoms with Crippen LogP contribution >= 0.6 is 0 Å². The molecule has 1 spiro atoms. The zero-order valence-electron chi connectivity index (χ0n) is 21.9. The van der Waals surface area contributed by atoms with E-state index in [9.17, 15) is 9.90 Å². The molecule has 4 heteroatoms. The number of ether oxygens (including phenoxy) is 2. The molecule has 1 aliphatic heterocycles. The molecule has 1 heterocycles. The van der Waals surface area contributed by atoms with Gasteiger partial charge in [0.1, 0.15) is 0 Å². The van der Waals surface area contributed by atoms with Crippen molar-refractivity contribution in [2.24, 2.45) is 28.6 Å². The molecule has 0 unspecified atom stereocenters. The molecule has 1 aromatic carbocycles. The quantitative estimate of drug-likeness (QED) is 0.393. The van der Waals surface area contributed by atoms with Crippen molar-refractivity contribution < 1.29 is 19.4 Å². The SMILES string of the molecule is CC(=O)c1ccc([C@H]2C[C@]3(C)[C@@H](O)CC[C@H]3[C@@H]3CCC4=C(CCC5(C4)OCC(C)(C)CO5)[C@H]32)cc1. The van der Waals surface area contributed by atoms with Crippen molar-refractivity contribution in [3.63, 3.8) is 0 Å². The van der Waals surface area contributed by atoms with Gasteiger partial charge < -0.3 is 14.6 Å². The van der Waals surface area contributed by atoms with Crippen LogP contribution in [0, 0.1) is 28.6 Å². The molecule has 3 fully saturated rings. The number of fused-ring (bicyclic) bond motifs is 4. The molecular formula is C31H42O4. The van der Waals surface area contributed by atoms with Crippen LogP contribution in [0.15, 0.2) is 35.4 Å². The highest BCUT2D eigenvalue weighted by Crippen LogP contribution is 2.65. The molecular weight excluding hydrogens is 436 g/mol. The van der Waals surface area contributed by atoms with Gasteiger partial charge in [0.25, 0.3) is 0 Å². The minimum absolute atomic E-state index is 0.0137. The largest absolute Gasteiger partial charge is 0.393 e. The second kappa shape index (κ2) is 8.26. The summed E-state index contributed by atoms with van der Waals surface area (Å²) in [5.74, 6) is 1.84. The lowest BCUT2D eigenvalue weighted by atomic mass is 9.49. The van der Waals surface area contributed by atoms with Gasteiger partial charge in [0.05, 0.1) is 19.3 Å². The predicted octanol–water partition coefficient (Wildman–Crippen LogP) is 6.43. The number of aliphatic hydroxyl groups is 1. The summed E-state index contributed by atoms with van der Waals surface area (Å²) in [7, 11) is 0. The molecule has 6 atom stereocenters. The van der Waals surface area contributed by atoms with E-state index in [0.717, 1.165) is 63.7 Å². The standard InChI is InChI=1S/C31H42O4/c1-19(32)20-5-7-21(8-6-20)25-16-30(4)26(11-12-27(30)33)24-10-9-22-15-31(14-13-23(22)28(24)25)34-17-29(2,3)18-35-31/h5-8,24-28,33H,9-18H2,1-4H3/t24-,25+,26-,27-,28+,30-/m0/s1. The van der Waals surface area contributed by atoms with E-state index in [1.165, 1.54) is 12.0 Å². The third-order valence-electron chi connectivity index (χ3n) is 10.5. The van der Waals surface area contributed by atoms with Gasteiger partial charge in [-0.3, -0.25) is 4.79 Å². The van der Waals surface area contributed by atoms with Gasteiger partial charge in [0.15, 0.2) is 11.6 Å². The summed E-state index contributed by atoms with van der Waals surface area (Å²) in [6, 6.07) is 8.40. The van der Waals surface area contributed by atoms with Crippen LogP contribution in [0.25, 0.3) is 0 Å². The van der Waals surface area contributed by atoms with Crippen molar-refractivity contribution in [2.45, 2.75) is 96.9 Å². The Morgan fingerprint density at radius 1 is 1.00 bits per heavy atom. The van der Waals surface area contributed by atoms with Gasteiger partial charge in [-0.1, -0.05) is 56.2 Å². The third-order valence-corrected chi connectivity index (χ3v) is 10.5. The lowest BCUT2D eigenvalue weighted by molar-refractivity contribution is -0.303. The number of aliphatic hydroxyl groups excluding tert-OH is 1. The highest BCUT2D eigenvalue weighted by Gasteiger charge is 2.59. The smallest absolute Gasteiger partial charge is 0.172 e. The average Bonchev–Trinajstić information content (AvgIpc) is 3.14. The molecule has 1 aromatic rings. The molecule has 190 valence electrons. The maximum absolute atomic E-state index is 11.9. The van der Waals surface area contributed by atoms with Crippen LogP contribution in [0.2, 0.25) is 0 Å². The molecule has 5 aliphatic rings. The van der Waals surface area contributed by atoms with Gasteiger partial charge in [-0.05, 0) is 80.1 Å². The van der Waals surface area contributed by atoms with Gasteiger partial charge in [0.2, 0.25) is 0 Å². The van der Waals surface area contributed by atoms with E-state index >= 15 is 0 Å². The predicted molar refractivity (Wildman–Crippen MR) is 136 cm³/mol. The minimum atomic E-state index is -0.424. The van der Waals surface area contributed by atoms with Crippen LogP contribution in [0.3, 0.4) is 0 Å². The second-order valence-electron chi connectivity index (χ2n) is 13.4. The van der Waals surface area contributed by atoms with Gasteiger partial charge >= 0.3 is 0 Å². The van der Waals surface area contributed by atoms with Gasteiger partial charge in [-0.2, -0.15) is 0 Å². The van der Waals surface area contributed by atoms with Crippen LogP contribution < -0.4 is 0 Å². The van der Waals surface area contributed by atoms with Crippen molar-refractivity contribution in [3.05, 3.63) is 46.5 Å². The average molecular weight is 479 g/mol. The van der Waals surface area contributed by atoms with Crippen molar-refractivity contribution >= 4 is 5.78 Å². The molecule has 1 N–H and O–H groups in total. The Labute approximate surface area is 210 Å². The Kier molecular flexibility index (Phi) is 5.64. The normalized spacial score (nSPS) is 39.6. The molecule has 2 saturated carbocycles. The topological polar surface area (TPSA) is 55.8 Å². The summed E-state index contributed by atoms with van der Waals surface area (Å²) in [6.07, 6.45) is 8.20. The van der Waals surface area contributed by atoms with Crippen LogP contribution in [-0.4, -0.2) is 36.0 Å². The van der Waals surface area contributed by atoms with Crippen molar-refractivity contribution in [1.82, 2.24) is 0 Å². The van der Waals surface area contributed by atoms with E-state index in [-0.39, 0.29) is 22.7 Å². The lowest BCUT2D eigenvalue weighted by Gasteiger charge is -2.56. The first-order chi connectivity index (χ1) is 16.6. The summed E-state index contributed by atoms with van der Waals surface area (Å²) in [5.41, 5.74) is 5.46. The molecule has 0 aromatic heterocycles. The minimum Gasteiger partial charge on any atom is -0.393 e.